The predicted octanol–water partition coefficient (Wildman–Crippen LogP) is 5.09. The Morgan fingerprint density at radius 3 is 2.60 bits per heavy atom. The molecule has 0 bridgehead atoms. The van der Waals surface area contributed by atoms with E-state index in [4.69, 9.17) is 19.7 Å². The van der Waals surface area contributed by atoms with Crippen LogP contribution >= 0.6 is 0 Å². The summed E-state index contributed by atoms with van der Waals surface area (Å²) in [6.45, 7) is 3.24. The van der Waals surface area contributed by atoms with Gasteiger partial charge in [-0.05, 0) is 75.6 Å². The third-order valence-corrected chi connectivity index (χ3v) is 7.95. The van der Waals surface area contributed by atoms with Crippen molar-refractivity contribution >= 4 is 11.7 Å². The van der Waals surface area contributed by atoms with Gasteiger partial charge in [-0.25, -0.2) is 9.37 Å². The summed E-state index contributed by atoms with van der Waals surface area (Å²) in [6, 6.07) is 14.2. The van der Waals surface area contributed by atoms with Crippen molar-refractivity contribution in [3.63, 3.8) is 0 Å². The molecule has 1 fully saturated rings. The number of aliphatic hydroxyl groups is 1. The third-order valence-electron chi connectivity index (χ3n) is 7.95. The molecule has 1 aliphatic heterocycles. The van der Waals surface area contributed by atoms with Crippen LogP contribution in [-0.2, 0) is 15.8 Å². The van der Waals surface area contributed by atoms with Crippen molar-refractivity contribution in [1.29, 1.82) is 0 Å². The highest BCUT2D eigenvalue weighted by atomic mass is 19.1. The molecule has 2 aromatic heterocycles. The van der Waals surface area contributed by atoms with Crippen LogP contribution in [0.4, 0.5) is 4.39 Å². The number of halogens is 1. The third kappa shape index (κ3) is 5.14. The number of ether oxygens (including phenoxy) is 2. The first-order chi connectivity index (χ1) is 20.0. The molecule has 2 atom stereocenters. The first-order valence-corrected chi connectivity index (χ1v) is 13.8. The molecule has 4 aromatic rings. The summed E-state index contributed by atoms with van der Waals surface area (Å²) < 4.78 is 30.9. The van der Waals surface area contributed by atoms with Crippen molar-refractivity contribution in [2.45, 2.75) is 56.7 Å². The van der Waals surface area contributed by atoms with Crippen molar-refractivity contribution < 1.29 is 33.1 Å². The van der Waals surface area contributed by atoms with Crippen molar-refractivity contribution in [2.75, 3.05) is 6.61 Å². The van der Waals surface area contributed by atoms with Gasteiger partial charge in [0.2, 0.25) is 5.91 Å². The number of fused-ring (bicyclic) bond motifs is 1. The fourth-order valence-electron chi connectivity index (χ4n) is 5.01. The number of hydrogen-bond donors (Lipinski definition) is 2. The minimum Gasteiger partial charge on any atom is -0.490 e. The number of primary amides is 1. The molecular weight excluding hydrogens is 541 g/mol. The van der Waals surface area contributed by atoms with E-state index in [9.17, 15) is 19.1 Å². The number of nitrogens with zero attached hydrogens (tertiary/aromatic N) is 2. The summed E-state index contributed by atoms with van der Waals surface area (Å²) in [5.74, 6) is 0.246. The highest BCUT2D eigenvalue weighted by Gasteiger charge is 2.45. The first kappa shape index (κ1) is 27.6. The van der Waals surface area contributed by atoms with Crippen LogP contribution in [0.5, 0.6) is 11.5 Å². The zero-order chi connectivity index (χ0) is 29.6. The molecule has 1 amide bonds. The van der Waals surface area contributed by atoms with E-state index in [1.807, 2.05) is 0 Å². The quantitative estimate of drug-likeness (QED) is 0.251. The van der Waals surface area contributed by atoms with Crippen LogP contribution in [0.15, 0.2) is 65.3 Å². The Labute approximate surface area is 241 Å². The van der Waals surface area contributed by atoms with E-state index >= 15 is 0 Å². The highest BCUT2D eigenvalue weighted by molar-refractivity contribution is 5.97. The normalized spacial score (nSPS) is 19.0. The molecule has 0 radical (unpaired) electrons. The SMILES string of the molecule is C[C@](O)(CCC(=O)c1ccc(-c2ccno2)c(OC2CC2)c1)c1cc2c(c(-c3ccc(F)cc3)n1)OC[C@]2(C)C(N)=O. The van der Waals surface area contributed by atoms with Gasteiger partial charge in [0.1, 0.15) is 40.6 Å². The fraction of sp³-hybridized carbons (Fsp3) is 0.312. The van der Waals surface area contributed by atoms with E-state index in [1.54, 1.807) is 62.5 Å². The average Bonchev–Trinajstić information content (AvgIpc) is 3.48. The van der Waals surface area contributed by atoms with Crippen LogP contribution in [-0.4, -0.2) is 39.6 Å². The van der Waals surface area contributed by atoms with Gasteiger partial charge < -0.3 is 24.8 Å². The molecule has 2 aliphatic rings. The number of ketones is 1. The Bertz CT molecular complexity index is 1660. The molecule has 10 heteroatoms. The molecule has 216 valence electrons. The number of aromatic nitrogens is 2. The Balaban J connectivity index is 1.29. The molecule has 6 rings (SSSR count). The maximum Gasteiger partial charge on any atom is 0.231 e. The summed E-state index contributed by atoms with van der Waals surface area (Å²) in [7, 11) is 0. The van der Waals surface area contributed by atoms with Gasteiger partial charge in [-0.1, -0.05) is 11.2 Å². The van der Waals surface area contributed by atoms with E-state index < -0.39 is 22.7 Å². The maximum absolute atomic E-state index is 13.7. The van der Waals surface area contributed by atoms with Crippen LogP contribution in [0.25, 0.3) is 22.6 Å². The number of hydrogen-bond acceptors (Lipinski definition) is 8. The van der Waals surface area contributed by atoms with Gasteiger partial charge in [-0.2, -0.15) is 0 Å². The van der Waals surface area contributed by atoms with Crippen molar-refractivity contribution in [3.8, 4) is 34.1 Å². The topological polar surface area (TPSA) is 138 Å². The number of carbonyl (C=O) groups excluding carboxylic acids is 2. The van der Waals surface area contributed by atoms with E-state index in [0.29, 0.717) is 45.2 Å². The molecule has 42 heavy (non-hydrogen) atoms. The van der Waals surface area contributed by atoms with Gasteiger partial charge in [0.05, 0.1) is 23.6 Å². The van der Waals surface area contributed by atoms with Gasteiger partial charge in [-0.15, -0.1) is 0 Å². The van der Waals surface area contributed by atoms with Crippen LogP contribution in [0.2, 0.25) is 0 Å². The molecule has 1 saturated carbocycles. The van der Waals surface area contributed by atoms with Gasteiger partial charge in [0.15, 0.2) is 11.5 Å². The number of nitrogens with two attached hydrogens (primary N) is 1. The summed E-state index contributed by atoms with van der Waals surface area (Å²) in [5, 5.41) is 15.4. The van der Waals surface area contributed by atoms with Gasteiger partial charge in [0.25, 0.3) is 0 Å². The number of benzene rings is 2. The fourth-order valence-corrected chi connectivity index (χ4v) is 5.01. The number of rotatable bonds is 10. The minimum absolute atomic E-state index is 0.00571. The lowest BCUT2D eigenvalue weighted by molar-refractivity contribution is -0.123. The average molecular weight is 572 g/mol. The molecular formula is C32H30FN3O6. The van der Waals surface area contributed by atoms with Crippen molar-refractivity contribution in [1.82, 2.24) is 10.1 Å². The Kier molecular flexibility index (Phi) is 6.81. The largest absolute Gasteiger partial charge is 0.490 e. The smallest absolute Gasteiger partial charge is 0.231 e. The summed E-state index contributed by atoms with van der Waals surface area (Å²) in [6.07, 6.45) is 3.59. The molecule has 0 unspecified atom stereocenters. The zero-order valence-electron chi connectivity index (χ0n) is 23.2. The lowest BCUT2D eigenvalue weighted by atomic mass is 9.81. The first-order valence-electron chi connectivity index (χ1n) is 13.8. The molecule has 1 aliphatic carbocycles. The second kappa shape index (κ2) is 10.4. The molecule has 3 N–H and O–H groups in total. The zero-order valence-corrected chi connectivity index (χ0v) is 23.2. The van der Waals surface area contributed by atoms with Gasteiger partial charge in [0, 0.05) is 29.2 Å². The molecule has 3 heterocycles. The number of amides is 1. The molecule has 0 spiro atoms. The maximum atomic E-state index is 13.7. The standard InChI is InChI=1S/C32H30FN3O6/c1-31(30(34)38)17-40-29-23(31)16-27(36-28(29)18-3-6-20(33)7-4-18)32(2,39)13-11-24(37)19-5-10-22(25-12-14-35-42-25)26(15-19)41-21-8-9-21/h3-7,10,12,14-16,21,39H,8-9,11,13,17H2,1-2H3,(H2,34,38)/t31-,32-/m0/s1. The van der Waals surface area contributed by atoms with E-state index in [2.05, 4.69) is 10.1 Å². The van der Waals surface area contributed by atoms with Gasteiger partial charge in [-0.3, -0.25) is 9.59 Å². The lowest BCUT2D eigenvalue weighted by Crippen LogP contribution is -2.40. The molecule has 9 nitrogen and oxygen atoms in total. The Morgan fingerprint density at radius 1 is 1.17 bits per heavy atom. The monoisotopic (exact) mass is 571 g/mol. The Hall–Kier alpha value is -4.57. The molecule has 0 saturated heterocycles. The van der Waals surface area contributed by atoms with E-state index in [0.717, 1.165) is 12.8 Å². The van der Waals surface area contributed by atoms with E-state index in [1.165, 1.54) is 12.1 Å². The number of pyridine rings is 1. The molecule has 2 aromatic carbocycles. The lowest BCUT2D eigenvalue weighted by Gasteiger charge is -2.26. The second-order valence-electron chi connectivity index (χ2n) is 11.3. The predicted molar refractivity (Wildman–Crippen MR) is 150 cm³/mol. The van der Waals surface area contributed by atoms with Crippen molar-refractivity contribution in [3.05, 3.63) is 83.4 Å². The van der Waals surface area contributed by atoms with E-state index in [-0.39, 0.29) is 37.0 Å². The number of Topliss-reactive ketones (excluding diaryl/α,β-unsaturated/α-hetero) is 1. The van der Waals surface area contributed by atoms with Gasteiger partial charge >= 0.3 is 0 Å². The van der Waals surface area contributed by atoms with Crippen molar-refractivity contribution in [2.24, 2.45) is 5.73 Å². The Morgan fingerprint density at radius 2 is 1.93 bits per heavy atom. The highest BCUT2D eigenvalue weighted by Crippen LogP contribution is 2.46. The van der Waals surface area contributed by atoms with Crippen LogP contribution < -0.4 is 15.2 Å². The second-order valence-corrected chi connectivity index (χ2v) is 11.3. The minimum atomic E-state index is -1.56. The van der Waals surface area contributed by atoms with Crippen LogP contribution in [0.3, 0.4) is 0 Å². The number of carbonyl (C=O) groups is 2. The summed E-state index contributed by atoms with van der Waals surface area (Å²) in [5.41, 5.74) is 5.80. The van der Waals surface area contributed by atoms with Crippen LogP contribution in [0.1, 0.15) is 61.1 Å². The van der Waals surface area contributed by atoms with Crippen LogP contribution in [0, 0.1) is 5.82 Å². The summed E-state index contributed by atoms with van der Waals surface area (Å²) >= 11 is 0. The summed E-state index contributed by atoms with van der Waals surface area (Å²) in [4.78, 5) is 30.5.